The minimum atomic E-state index is 0. The number of hydrogen-bond acceptors (Lipinski definition) is 4. The number of rotatable bonds is 4. The quantitative estimate of drug-likeness (QED) is 0.423. The smallest absolute Gasteiger partial charge is 0.191 e. The van der Waals surface area contributed by atoms with Gasteiger partial charge in [-0.1, -0.05) is 13.0 Å². The van der Waals surface area contributed by atoms with Gasteiger partial charge in [-0.3, -0.25) is 9.89 Å². The number of thiophene rings is 1. The van der Waals surface area contributed by atoms with Crippen LogP contribution in [-0.4, -0.2) is 61.7 Å². The van der Waals surface area contributed by atoms with Gasteiger partial charge in [0, 0.05) is 31.1 Å². The molecule has 0 amide bonds. The van der Waals surface area contributed by atoms with Crippen LogP contribution >= 0.6 is 35.3 Å². The van der Waals surface area contributed by atoms with Crippen molar-refractivity contribution in [1.29, 1.82) is 0 Å². The van der Waals surface area contributed by atoms with E-state index in [0.717, 1.165) is 51.9 Å². The predicted octanol–water partition coefficient (Wildman–Crippen LogP) is 2.79. The van der Waals surface area contributed by atoms with E-state index >= 15 is 0 Å². The lowest BCUT2D eigenvalue weighted by Crippen LogP contribution is -2.43. The van der Waals surface area contributed by atoms with Crippen LogP contribution in [0.5, 0.6) is 0 Å². The van der Waals surface area contributed by atoms with Gasteiger partial charge in [0.05, 0.1) is 25.8 Å². The Morgan fingerprint density at radius 3 is 2.67 bits per heavy atom. The van der Waals surface area contributed by atoms with Crippen LogP contribution in [-0.2, 0) is 4.74 Å². The first-order valence-corrected chi connectivity index (χ1v) is 9.52. The molecule has 2 fully saturated rings. The van der Waals surface area contributed by atoms with Crippen molar-refractivity contribution in [2.45, 2.75) is 25.8 Å². The van der Waals surface area contributed by atoms with Gasteiger partial charge in [0.25, 0.3) is 0 Å². The molecule has 2 aliphatic rings. The molecule has 1 aromatic heterocycles. The fraction of sp³-hybridized carbons (Fsp3) is 0.706. The average molecular weight is 464 g/mol. The first-order chi connectivity index (χ1) is 11.2. The molecule has 0 saturated carbocycles. The second-order valence-corrected chi connectivity index (χ2v) is 7.53. The summed E-state index contributed by atoms with van der Waals surface area (Å²) in [5, 5.41) is 2.14. The van der Waals surface area contributed by atoms with Crippen LogP contribution in [0.2, 0.25) is 0 Å². The molecular weight excluding hydrogens is 435 g/mol. The van der Waals surface area contributed by atoms with Gasteiger partial charge in [0.15, 0.2) is 5.96 Å². The standard InChI is InChI=1S/C17H28N4OS.HI/c1-14-4-6-21(7-5-14)17(18)19-13-15(16-3-2-12-23-16)20-8-10-22-11-9-20;/h2-3,12,14-15H,4-11,13H2,1H3,(H2,18,19);1H. The Labute approximate surface area is 166 Å². The number of morpholine rings is 1. The molecule has 3 heterocycles. The summed E-state index contributed by atoms with van der Waals surface area (Å²) in [4.78, 5) is 10.8. The molecule has 5 nitrogen and oxygen atoms in total. The van der Waals surface area contributed by atoms with E-state index in [2.05, 4.69) is 34.2 Å². The molecule has 2 aliphatic heterocycles. The highest BCUT2D eigenvalue weighted by atomic mass is 127. The van der Waals surface area contributed by atoms with Crippen molar-refractivity contribution in [3.8, 4) is 0 Å². The lowest BCUT2D eigenvalue weighted by atomic mass is 10.00. The van der Waals surface area contributed by atoms with E-state index in [4.69, 9.17) is 15.5 Å². The van der Waals surface area contributed by atoms with Gasteiger partial charge in [0.2, 0.25) is 0 Å². The predicted molar refractivity (Wildman–Crippen MR) is 111 cm³/mol. The maximum absolute atomic E-state index is 6.26. The second-order valence-electron chi connectivity index (χ2n) is 6.55. The third-order valence-electron chi connectivity index (χ3n) is 4.89. The zero-order valence-electron chi connectivity index (χ0n) is 14.4. The minimum absolute atomic E-state index is 0. The highest BCUT2D eigenvalue weighted by molar-refractivity contribution is 14.0. The fourth-order valence-corrected chi connectivity index (χ4v) is 4.13. The largest absolute Gasteiger partial charge is 0.379 e. The van der Waals surface area contributed by atoms with Crippen LogP contribution in [0, 0.1) is 5.92 Å². The van der Waals surface area contributed by atoms with Crippen molar-refractivity contribution in [2.24, 2.45) is 16.6 Å². The highest BCUT2D eigenvalue weighted by Gasteiger charge is 2.24. The first-order valence-electron chi connectivity index (χ1n) is 8.64. The molecule has 1 atom stereocenters. The van der Waals surface area contributed by atoms with E-state index in [0.29, 0.717) is 12.0 Å². The molecule has 136 valence electrons. The third kappa shape index (κ3) is 5.31. The number of hydrogen-bond donors (Lipinski definition) is 1. The highest BCUT2D eigenvalue weighted by Crippen LogP contribution is 2.26. The maximum atomic E-state index is 6.26. The molecule has 3 rings (SSSR count). The maximum Gasteiger partial charge on any atom is 0.191 e. The molecule has 2 saturated heterocycles. The number of halogens is 1. The molecule has 0 bridgehead atoms. The minimum Gasteiger partial charge on any atom is -0.379 e. The van der Waals surface area contributed by atoms with Crippen molar-refractivity contribution < 1.29 is 4.74 Å². The molecule has 7 heteroatoms. The van der Waals surface area contributed by atoms with Crippen LogP contribution in [0.4, 0.5) is 0 Å². The van der Waals surface area contributed by atoms with Crippen molar-refractivity contribution in [3.05, 3.63) is 22.4 Å². The molecule has 2 N–H and O–H groups in total. The number of ether oxygens (including phenoxy) is 1. The summed E-state index contributed by atoms with van der Waals surface area (Å²) in [6.45, 7) is 8.69. The molecule has 0 radical (unpaired) electrons. The Balaban J connectivity index is 0.00000208. The van der Waals surface area contributed by atoms with Gasteiger partial charge in [-0.2, -0.15) is 0 Å². The van der Waals surface area contributed by atoms with Gasteiger partial charge in [-0.05, 0) is 30.2 Å². The van der Waals surface area contributed by atoms with Crippen molar-refractivity contribution in [3.63, 3.8) is 0 Å². The van der Waals surface area contributed by atoms with Crippen LogP contribution < -0.4 is 5.73 Å². The zero-order valence-corrected chi connectivity index (χ0v) is 17.5. The van der Waals surface area contributed by atoms with Crippen LogP contribution in [0.15, 0.2) is 22.5 Å². The van der Waals surface area contributed by atoms with Gasteiger partial charge in [0.1, 0.15) is 0 Å². The Morgan fingerprint density at radius 2 is 2.04 bits per heavy atom. The summed E-state index contributed by atoms with van der Waals surface area (Å²) in [6, 6.07) is 4.65. The van der Waals surface area contributed by atoms with E-state index in [9.17, 15) is 0 Å². The van der Waals surface area contributed by atoms with Gasteiger partial charge >= 0.3 is 0 Å². The van der Waals surface area contributed by atoms with Crippen molar-refractivity contribution in [2.75, 3.05) is 45.9 Å². The summed E-state index contributed by atoms with van der Waals surface area (Å²) < 4.78 is 5.49. The number of likely N-dealkylation sites (tertiary alicyclic amines) is 1. The topological polar surface area (TPSA) is 54.1 Å². The number of piperidine rings is 1. The Hall–Kier alpha value is -0.380. The van der Waals surface area contributed by atoms with Crippen LogP contribution in [0.1, 0.15) is 30.7 Å². The summed E-state index contributed by atoms with van der Waals surface area (Å²) in [5.74, 6) is 1.53. The van der Waals surface area contributed by atoms with Gasteiger partial charge in [-0.25, -0.2) is 0 Å². The third-order valence-corrected chi connectivity index (χ3v) is 5.87. The van der Waals surface area contributed by atoms with E-state index in [-0.39, 0.29) is 24.0 Å². The van der Waals surface area contributed by atoms with Crippen LogP contribution in [0.25, 0.3) is 0 Å². The number of nitrogens with two attached hydrogens (primary N) is 1. The average Bonchev–Trinajstić information content (AvgIpc) is 3.11. The molecule has 24 heavy (non-hydrogen) atoms. The van der Waals surface area contributed by atoms with Crippen LogP contribution in [0.3, 0.4) is 0 Å². The second kappa shape index (κ2) is 9.94. The van der Waals surface area contributed by atoms with E-state index < -0.39 is 0 Å². The molecule has 1 unspecified atom stereocenters. The van der Waals surface area contributed by atoms with Gasteiger partial charge < -0.3 is 15.4 Å². The normalized spacial score (nSPS) is 22.2. The number of aliphatic imine (C=N–C) groups is 1. The van der Waals surface area contributed by atoms with E-state index in [1.54, 1.807) is 11.3 Å². The molecule has 0 aliphatic carbocycles. The summed E-state index contributed by atoms with van der Waals surface area (Å²) in [7, 11) is 0. The lowest BCUT2D eigenvalue weighted by molar-refractivity contribution is 0.0186. The summed E-state index contributed by atoms with van der Waals surface area (Å²) >= 11 is 1.81. The summed E-state index contributed by atoms with van der Waals surface area (Å²) in [6.07, 6.45) is 2.43. The van der Waals surface area contributed by atoms with Crippen molar-refractivity contribution in [1.82, 2.24) is 9.80 Å². The molecular formula is C17H29IN4OS. The fourth-order valence-electron chi connectivity index (χ4n) is 3.27. The molecule has 1 aromatic rings. The zero-order chi connectivity index (χ0) is 16.1. The number of guanidine groups is 1. The SMILES string of the molecule is CC1CCN(C(N)=NCC(c2cccs2)N2CCOCC2)CC1.I. The summed E-state index contributed by atoms with van der Waals surface area (Å²) in [5.41, 5.74) is 6.26. The Kier molecular flexibility index (Phi) is 8.25. The monoisotopic (exact) mass is 464 g/mol. The van der Waals surface area contributed by atoms with E-state index in [1.165, 1.54) is 17.7 Å². The van der Waals surface area contributed by atoms with Gasteiger partial charge in [-0.15, -0.1) is 35.3 Å². The first kappa shape index (κ1) is 19.9. The lowest BCUT2D eigenvalue weighted by Gasteiger charge is -2.34. The van der Waals surface area contributed by atoms with E-state index in [1.807, 2.05) is 0 Å². The Morgan fingerprint density at radius 1 is 1.33 bits per heavy atom. The van der Waals surface area contributed by atoms with Crippen molar-refractivity contribution >= 4 is 41.3 Å². The number of nitrogens with zero attached hydrogens (tertiary/aromatic N) is 3. The Bertz CT molecular complexity index is 497. The molecule has 0 aromatic carbocycles. The molecule has 0 spiro atoms.